The van der Waals surface area contributed by atoms with E-state index in [0.29, 0.717) is 18.4 Å². The molecule has 1 rings (SSSR count). The van der Waals surface area contributed by atoms with Crippen LogP contribution in [-0.2, 0) is 0 Å². The third kappa shape index (κ3) is 3.13. The van der Waals surface area contributed by atoms with Crippen molar-refractivity contribution in [1.29, 1.82) is 0 Å². The summed E-state index contributed by atoms with van der Waals surface area (Å²) in [5, 5.41) is 0.749. The van der Waals surface area contributed by atoms with Crippen LogP contribution in [0.3, 0.4) is 0 Å². The summed E-state index contributed by atoms with van der Waals surface area (Å²) in [6, 6.07) is 5.76. The number of rotatable bonds is 5. The minimum Gasteiger partial charge on any atom is -0.496 e. The summed E-state index contributed by atoms with van der Waals surface area (Å²) in [7, 11) is 1.69. The molecule has 16 heavy (non-hydrogen) atoms. The molecular formula is C13H20ClNO. The largest absolute Gasteiger partial charge is 0.496 e. The third-order valence-corrected chi connectivity index (χ3v) is 3.11. The van der Waals surface area contributed by atoms with Crippen LogP contribution in [0.5, 0.6) is 5.75 Å². The first-order valence-corrected chi connectivity index (χ1v) is 6.01. The average molecular weight is 242 g/mol. The van der Waals surface area contributed by atoms with Crippen molar-refractivity contribution < 1.29 is 4.74 Å². The van der Waals surface area contributed by atoms with Crippen molar-refractivity contribution in [3.05, 3.63) is 28.8 Å². The summed E-state index contributed by atoms with van der Waals surface area (Å²) in [4.78, 5) is 0. The predicted octanol–water partition coefficient (Wildman–Crippen LogP) is 3.44. The molecule has 0 aliphatic heterocycles. The normalized spacial score (nSPS) is 12.9. The molecule has 1 unspecified atom stereocenters. The average Bonchev–Trinajstić information content (AvgIpc) is 2.25. The van der Waals surface area contributed by atoms with Crippen molar-refractivity contribution in [2.75, 3.05) is 13.7 Å². The summed E-state index contributed by atoms with van der Waals surface area (Å²) in [6.45, 7) is 5.07. The Balaban J connectivity index is 3.10. The van der Waals surface area contributed by atoms with Gasteiger partial charge in [-0.15, -0.1) is 0 Å². The van der Waals surface area contributed by atoms with Crippen molar-refractivity contribution in [2.24, 2.45) is 11.7 Å². The first-order valence-electron chi connectivity index (χ1n) is 5.63. The maximum atomic E-state index is 6.04. The number of hydrogen-bond acceptors (Lipinski definition) is 2. The first-order chi connectivity index (χ1) is 7.60. The lowest BCUT2D eigenvalue weighted by atomic mass is 9.85. The number of nitrogens with two attached hydrogens (primary N) is 1. The van der Waals surface area contributed by atoms with Crippen LogP contribution in [0.4, 0.5) is 0 Å². The van der Waals surface area contributed by atoms with Crippen LogP contribution >= 0.6 is 11.6 Å². The predicted molar refractivity (Wildman–Crippen MR) is 69.3 cm³/mol. The quantitative estimate of drug-likeness (QED) is 0.857. The lowest BCUT2D eigenvalue weighted by Crippen LogP contribution is -2.13. The fraction of sp³-hybridized carbons (Fsp3) is 0.538. The Morgan fingerprint density at radius 3 is 2.56 bits per heavy atom. The van der Waals surface area contributed by atoms with Gasteiger partial charge in [-0.1, -0.05) is 25.4 Å². The maximum absolute atomic E-state index is 6.04. The molecular weight excluding hydrogens is 222 g/mol. The minimum absolute atomic E-state index is 0.402. The molecule has 0 aliphatic rings. The van der Waals surface area contributed by atoms with Gasteiger partial charge in [0.15, 0.2) is 0 Å². The Labute approximate surface area is 103 Å². The molecule has 0 radical (unpaired) electrons. The van der Waals surface area contributed by atoms with Gasteiger partial charge in [0.05, 0.1) is 7.11 Å². The van der Waals surface area contributed by atoms with E-state index in [1.165, 1.54) is 0 Å². The minimum atomic E-state index is 0.402. The van der Waals surface area contributed by atoms with E-state index in [0.717, 1.165) is 22.8 Å². The number of hydrogen-bond donors (Lipinski definition) is 1. The van der Waals surface area contributed by atoms with Crippen LogP contribution in [0.15, 0.2) is 18.2 Å². The molecule has 0 aromatic heterocycles. The monoisotopic (exact) mass is 241 g/mol. The van der Waals surface area contributed by atoms with Gasteiger partial charge < -0.3 is 10.5 Å². The van der Waals surface area contributed by atoms with E-state index in [1.807, 2.05) is 18.2 Å². The van der Waals surface area contributed by atoms with Gasteiger partial charge in [0.2, 0.25) is 0 Å². The molecule has 0 amide bonds. The van der Waals surface area contributed by atoms with Crippen molar-refractivity contribution >= 4 is 11.6 Å². The van der Waals surface area contributed by atoms with Gasteiger partial charge in [0.1, 0.15) is 5.75 Å². The van der Waals surface area contributed by atoms with E-state index in [1.54, 1.807) is 7.11 Å². The molecule has 0 saturated heterocycles. The standard InChI is InChI=1S/C13H20ClNO/c1-9(2)11(6-7-15)12-8-10(14)4-5-13(12)16-3/h4-5,8-9,11H,6-7,15H2,1-3H3. The molecule has 0 heterocycles. The van der Waals surface area contributed by atoms with Gasteiger partial charge in [-0.2, -0.15) is 0 Å². The highest BCUT2D eigenvalue weighted by Crippen LogP contribution is 2.35. The second kappa shape index (κ2) is 6.12. The first kappa shape index (κ1) is 13.3. The van der Waals surface area contributed by atoms with Gasteiger partial charge in [0, 0.05) is 5.02 Å². The fourth-order valence-corrected chi connectivity index (χ4v) is 2.20. The molecule has 0 saturated carbocycles. The summed E-state index contributed by atoms with van der Waals surface area (Å²) in [5.74, 6) is 1.83. The van der Waals surface area contributed by atoms with Gasteiger partial charge in [0.25, 0.3) is 0 Å². The Morgan fingerprint density at radius 1 is 1.38 bits per heavy atom. The summed E-state index contributed by atoms with van der Waals surface area (Å²) in [5.41, 5.74) is 6.82. The van der Waals surface area contributed by atoms with Gasteiger partial charge in [-0.25, -0.2) is 0 Å². The molecule has 0 aliphatic carbocycles. The number of ether oxygens (including phenoxy) is 1. The summed E-state index contributed by atoms with van der Waals surface area (Å²) >= 11 is 6.04. The molecule has 0 fully saturated rings. The zero-order valence-corrected chi connectivity index (χ0v) is 10.9. The molecule has 1 aromatic carbocycles. The van der Waals surface area contributed by atoms with Crippen molar-refractivity contribution in [3.8, 4) is 5.75 Å². The van der Waals surface area contributed by atoms with Crippen LogP contribution < -0.4 is 10.5 Å². The van der Waals surface area contributed by atoms with Crippen LogP contribution in [0.2, 0.25) is 5.02 Å². The number of halogens is 1. The smallest absolute Gasteiger partial charge is 0.122 e. The van der Waals surface area contributed by atoms with Gasteiger partial charge >= 0.3 is 0 Å². The molecule has 0 spiro atoms. The molecule has 1 atom stereocenters. The van der Waals surface area contributed by atoms with E-state index < -0.39 is 0 Å². The molecule has 3 heteroatoms. The Morgan fingerprint density at radius 2 is 2.06 bits per heavy atom. The van der Waals surface area contributed by atoms with Crippen molar-refractivity contribution in [3.63, 3.8) is 0 Å². The highest BCUT2D eigenvalue weighted by molar-refractivity contribution is 6.30. The van der Waals surface area contributed by atoms with Crippen LogP contribution in [0.25, 0.3) is 0 Å². The third-order valence-electron chi connectivity index (χ3n) is 2.87. The van der Waals surface area contributed by atoms with E-state index in [4.69, 9.17) is 22.1 Å². The SMILES string of the molecule is COc1ccc(Cl)cc1C(CCN)C(C)C. The van der Waals surface area contributed by atoms with Crippen LogP contribution in [0, 0.1) is 5.92 Å². The highest BCUT2D eigenvalue weighted by atomic mass is 35.5. The van der Waals surface area contributed by atoms with Crippen LogP contribution in [0.1, 0.15) is 31.7 Å². The van der Waals surface area contributed by atoms with E-state index >= 15 is 0 Å². The van der Waals surface area contributed by atoms with E-state index in [2.05, 4.69) is 13.8 Å². The molecule has 0 bridgehead atoms. The second-order valence-corrected chi connectivity index (χ2v) is 4.75. The lowest BCUT2D eigenvalue weighted by Gasteiger charge is -2.23. The second-order valence-electron chi connectivity index (χ2n) is 4.31. The highest BCUT2D eigenvalue weighted by Gasteiger charge is 2.19. The van der Waals surface area contributed by atoms with E-state index in [-0.39, 0.29) is 0 Å². The molecule has 1 aromatic rings. The zero-order chi connectivity index (χ0) is 12.1. The fourth-order valence-electron chi connectivity index (χ4n) is 2.02. The van der Waals surface area contributed by atoms with Gasteiger partial charge in [-0.05, 0) is 48.6 Å². The molecule has 2 N–H and O–H groups in total. The number of benzene rings is 1. The molecule has 90 valence electrons. The van der Waals surface area contributed by atoms with Crippen LogP contribution in [-0.4, -0.2) is 13.7 Å². The Bertz CT molecular complexity index is 339. The summed E-state index contributed by atoms with van der Waals surface area (Å²) < 4.78 is 5.38. The molecule has 2 nitrogen and oxygen atoms in total. The van der Waals surface area contributed by atoms with Gasteiger partial charge in [-0.3, -0.25) is 0 Å². The summed E-state index contributed by atoms with van der Waals surface area (Å²) in [6.07, 6.45) is 0.953. The Hall–Kier alpha value is -0.730. The zero-order valence-electron chi connectivity index (χ0n) is 10.2. The van der Waals surface area contributed by atoms with Crippen molar-refractivity contribution in [2.45, 2.75) is 26.2 Å². The lowest BCUT2D eigenvalue weighted by molar-refractivity contribution is 0.390. The Kier molecular flexibility index (Phi) is 5.10. The number of methoxy groups -OCH3 is 1. The maximum Gasteiger partial charge on any atom is 0.122 e. The van der Waals surface area contributed by atoms with Crippen molar-refractivity contribution in [1.82, 2.24) is 0 Å². The topological polar surface area (TPSA) is 35.2 Å². The van der Waals surface area contributed by atoms with E-state index in [9.17, 15) is 0 Å².